The molecule has 0 bridgehead atoms. The molecule has 2 aromatic rings. The van der Waals surface area contributed by atoms with E-state index in [1.165, 1.54) is 4.90 Å². The maximum atomic E-state index is 12.2. The van der Waals surface area contributed by atoms with Crippen LogP contribution < -0.4 is 0 Å². The van der Waals surface area contributed by atoms with E-state index in [4.69, 9.17) is 4.74 Å². The lowest BCUT2D eigenvalue weighted by Crippen LogP contribution is -2.39. The minimum atomic E-state index is -0.203. The van der Waals surface area contributed by atoms with E-state index in [-0.39, 0.29) is 6.09 Å². The van der Waals surface area contributed by atoms with Crippen molar-refractivity contribution in [3.8, 4) is 0 Å². The zero-order chi connectivity index (χ0) is 16.8. The second-order valence-corrected chi connectivity index (χ2v) is 8.09. The lowest BCUT2D eigenvalue weighted by Gasteiger charge is -2.31. The lowest BCUT2D eigenvalue weighted by atomic mass is 10.1. The Balaban J connectivity index is 1.42. The van der Waals surface area contributed by atoms with Crippen LogP contribution in [0.1, 0.15) is 18.4 Å². The van der Waals surface area contributed by atoms with Gasteiger partial charge in [-0.2, -0.15) is 0 Å². The highest BCUT2D eigenvalue weighted by molar-refractivity contribution is 9.10. The molecule has 0 aliphatic carbocycles. The van der Waals surface area contributed by atoms with Crippen molar-refractivity contribution in [3.63, 3.8) is 0 Å². The average molecular weight is 406 g/mol. The minimum Gasteiger partial charge on any atom is -0.445 e. The fourth-order valence-corrected chi connectivity index (χ4v) is 4.06. The standard InChI is InChI=1S/C19H20BrNO2S/c20-16-6-8-17(9-7-16)24-18-10-12-21(13-11-18)19(22)23-14-15-4-2-1-3-5-15/h1-9,18H,10-14H2. The third-order valence-corrected chi connectivity index (χ3v) is 5.90. The lowest BCUT2D eigenvalue weighted by molar-refractivity contribution is 0.0901. The molecule has 0 atom stereocenters. The molecule has 1 aliphatic rings. The molecule has 0 spiro atoms. The van der Waals surface area contributed by atoms with Gasteiger partial charge in [0.1, 0.15) is 6.61 Å². The summed E-state index contributed by atoms with van der Waals surface area (Å²) in [6.45, 7) is 1.87. The van der Waals surface area contributed by atoms with Crippen LogP contribution in [0.15, 0.2) is 64.0 Å². The summed E-state index contributed by atoms with van der Waals surface area (Å²) >= 11 is 5.36. The molecule has 0 aromatic heterocycles. The van der Waals surface area contributed by atoms with Gasteiger partial charge >= 0.3 is 6.09 Å². The number of carbonyl (C=O) groups excluding carboxylic acids is 1. The van der Waals surface area contributed by atoms with E-state index in [1.54, 1.807) is 0 Å². The quantitative estimate of drug-likeness (QED) is 0.686. The fraction of sp³-hybridized carbons (Fsp3) is 0.316. The molecular formula is C19H20BrNO2S. The van der Waals surface area contributed by atoms with Crippen LogP contribution in [0, 0.1) is 0 Å². The summed E-state index contributed by atoms with van der Waals surface area (Å²) in [7, 11) is 0. The minimum absolute atomic E-state index is 0.203. The topological polar surface area (TPSA) is 29.5 Å². The van der Waals surface area contributed by atoms with Crippen molar-refractivity contribution in [1.82, 2.24) is 4.90 Å². The van der Waals surface area contributed by atoms with Crippen LogP contribution in [-0.4, -0.2) is 29.3 Å². The van der Waals surface area contributed by atoms with Gasteiger partial charge in [0.15, 0.2) is 0 Å². The monoisotopic (exact) mass is 405 g/mol. The molecular weight excluding hydrogens is 386 g/mol. The van der Waals surface area contributed by atoms with E-state index in [9.17, 15) is 4.79 Å². The summed E-state index contributed by atoms with van der Waals surface area (Å²) in [5, 5.41) is 0.560. The molecule has 1 saturated heterocycles. The number of benzene rings is 2. The summed E-state index contributed by atoms with van der Waals surface area (Å²) in [6.07, 6.45) is 1.80. The zero-order valence-electron chi connectivity index (χ0n) is 13.4. The highest BCUT2D eigenvalue weighted by Crippen LogP contribution is 2.31. The summed E-state index contributed by atoms with van der Waals surface area (Å²) in [6, 6.07) is 18.2. The predicted molar refractivity (Wildman–Crippen MR) is 101 cm³/mol. The van der Waals surface area contributed by atoms with Crippen LogP contribution in [-0.2, 0) is 11.3 Å². The number of ether oxygens (including phenoxy) is 1. The van der Waals surface area contributed by atoms with Crippen molar-refractivity contribution in [2.45, 2.75) is 29.6 Å². The van der Waals surface area contributed by atoms with E-state index in [2.05, 4.69) is 40.2 Å². The first-order valence-corrected chi connectivity index (χ1v) is 9.76. The predicted octanol–water partition coefficient (Wildman–Crippen LogP) is 5.34. The maximum Gasteiger partial charge on any atom is 0.410 e. The van der Waals surface area contributed by atoms with E-state index in [0.717, 1.165) is 36.0 Å². The highest BCUT2D eigenvalue weighted by atomic mass is 79.9. The van der Waals surface area contributed by atoms with Crippen molar-refractivity contribution < 1.29 is 9.53 Å². The molecule has 0 unspecified atom stereocenters. The third kappa shape index (κ3) is 5.02. The van der Waals surface area contributed by atoms with Crippen LogP contribution in [0.2, 0.25) is 0 Å². The van der Waals surface area contributed by atoms with Crippen LogP contribution in [0.5, 0.6) is 0 Å². The number of carbonyl (C=O) groups is 1. The number of hydrogen-bond donors (Lipinski definition) is 0. The number of nitrogens with zero attached hydrogens (tertiary/aromatic N) is 1. The Bertz CT molecular complexity index is 655. The first kappa shape index (κ1) is 17.4. The Labute approximate surface area is 155 Å². The zero-order valence-corrected chi connectivity index (χ0v) is 15.8. The summed E-state index contributed by atoms with van der Waals surface area (Å²) in [5.41, 5.74) is 1.02. The Kier molecular flexibility index (Phi) is 6.21. The van der Waals surface area contributed by atoms with Gasteiger partial charge in [-0.15, -0.1) is 11.8 Å². The number of hydrogen-bond acceptors (Lipinski definition) is 3. The van der Waals surface area contributed by atoms with E-state index < -0.39 is 0 Å². The third-order valence-electron chi connectivity index (χ3n) is 4.02. The van der Waals surface area contributed by atoms with Gasteiger partial charge in [0, 0.05) is 27.7 Å². The van der Waals surface area contributed by atoms with Gasteiger partial charge in [0.05, 0.1) is 0 Å². The summed E-state index contributed by atoms with van der Waals surface area (Å²) in [4.78, 5) is 15.3. The van der Waals surface area contributed by atoms with E-state index in [0.29, 0.717) is 11.9 Å². The molecule has 3 rings (SSSR count). The van der Waals surface area contributed by atoms with E-state index in [1.807, 2.05) is 47.0 Å². The number of amides is 1. The molecule has 3 nitrogen and oxygen atoms in total. The number of likely N-dealkylation sites (tertiary alicyclic amines) is 1. The normalized spacial score (nSPS) is 15.3. The van der Waals surface area contributed by atoms with Gasteiger partial charge < -0.3 is 9.64 Å². The Morgan fingerprint density at radius 1 is 1.08 bits per heavy atom. The number of piperidine rings is 1. The smallest absolute Gasteiger partial charge is 0.410 e. The van der Waals surface area contributed by atoms with E-state index >= 15 is 0 Å². The van der Waals surface area contributed by atoms with Gasteiger partial charge in [-0.05, 0) is 42.7 Å². The Morgan fingerprint density at radius 3 is 2.42 bits per heavy atom. The number of halogens is 1. The Hall–Kier alpha value is -1.46. The maximum absolute atomic E-state index is 12.2. The molecule has 1 heterocycles. The van der Waals surface area contributed by atoms with Crippen molar-refractivity contribution >= 4 is 33.8 Å². The van der Waals surface area contributed by atoms with Gasteiger partial charge in [0.2, 0.25) is 0 Å². The van der Waals surface area contributed by atoms with Crippen LogP contribution in [0.25, 0.3) is 0 Å². The van der Waals surface area contributed by atoms with Crippen LogP contribution in [0.3, 0.4) is 0 Å². The molecule has 1 fully saturated rings. The van der Waals surface area contributed by atoms with Gasteiger partial charge in [-0.3, -0.25) is 0 Å². The van der Waals surface area contributed by atoms with Crippen LogP contribution in [0.4, 0.5) is 4.79 Å². The Morgan fingerprint density at radius 2 is 1.75 bits per heavy atom. The van der Waals surface area contributed by atoms with Gasteiger partial charge in [-0.25, -0.2) is 4.79 Å². The average Bonchev–Trinajstić information content (AvgIpc) is 2.63. The second kappa shape index (κ2) is 8.58. The molecule has 2 aromatic carbocycles. The van der Waals surface area contributed by atoms with Gasteiger partial charge in [0.25, 0.3) is 0 Å². The molecule has 126 valence electrons. The first-order valence-electron chi connectivity index (χ1n) is 8.08. The molecule has 0 radical (unpaired) electrons. The van der Waals surface area contributed by atoms with Crippen molar-refractivity contribution in [2.24, 2.45) is 0 Å². The largest absolute Gasteiger partial charge is 0.445 e. The summed E-state index contributed by atoms with van der Waals surface area (Å²) < 4.78 is 6.51. The van der Waals surface area contributed by atoms with Crippen molar-refractivity contribution in [1.29, 1.82) is 0 Å². The molecule has 5 heteroatoms. The van der Waals surface area contributed by atoms with Gasteiger partial charge in [-0.1, -0.05) is 46.3 Å². The molecule has 0 N–H and O–H groups in total. The fourth-order valence-electron chi connectivity index (χ4n) is 2.67. The summed E-state index contributed by atoms with van der Waals surface area (Å²) in [5.74, 6) is 0. The highest BCUT2D eigenvalue weighted by Gasteiger charge is 2.24. The molecule has 1 amide bonds. The van der Waals surface area contributed by atoms with Crippen LogP contribution >= 0.6 is 27.7 Å². The van der Waals surface area contributed by atoms with Crippen molar-refractivity contribution in [2.75, 3.05) is 13.1 Å². The SMILES string of the molecule is O=C(OCc1ccccc1)N1CCC(Sc2ccc(Br)cc2)CC1. The number of thioether (sulfide) groups is 1. The second-order valence-electron chi connectivity index (χ2n) is 5.80. The number of rotatable bonds is 4. The first-order chi connectivity index (χ1) is 11.7. The van der Waals surface area contributed by atoms with Crippen molar-refractivity contribution in [3.05, 3.63) is 64.6 Å². The molecule has 24 heavy (non-hydrogen) atoms. The molecule has 1 aliphatic heterocycles. The molecule has 0 saturated carbocycles.